The number of anilines is 3. The van der Waals surface area contributed by atoms with Crippen LogP contribution in [-0.2, 0) is 10.9 Å². The number of fused-ring (bicyclic) bond motifs is 1. The molecule has 0 spiro atoms. The van der Waals surface area contributed by atoms with Gasteiger partial charge in [-0.2, -0.15) is 13.2 Å². The van der Waals surface area contributed by atoms with Gasteiger partial charge in [-0.05, 0) is 31.2 Å². The molecule has 1 saturated heterocycles. The van der Waals surface area contributed by atoms with E-state index in [1.165, 1.54) is 37.4 Å². The zero-order valence-corrected chi connectivity index (χ0v) is 19.6. The summed E-state index contributed by atoms with van der Waals surface area (Å²) < 4.78 is 51.3. The summed E-state index contributed by atoms with van der Waals surface area (Å²) in [5.41, 5.74) is -0.370. The van der Waals surface area contributed by atoms with Crippen molar-refractivity contribution in [3.05, 3.63) is 76.3 Å². The van der Waals surface area contributed by atoms with Gasteiger partial charge in [-0.15, -0.1) is 0 Å². The van der Waals surface area contributed by atoms with E-state index < -0.39 is 23.1 Å². The van der Waals surface area contributed by atoms with E-state index in [9.17, 15) is 22.8 Å². The van der Waals surface area contributed by atoms with Crippen LogP contribution in [0.5, 0.6) is 0 Å². The number of halogens is 3. The van der Waals surface area contributed by atoms with Gasteiger partial charge in [0.1, 0.15) is 11.1 Å². The van der Waals surface area contributed by atoms with Crippen LogP contribution in [-0.4, -0.2) is 42.1 Å². The smallest absolute Gasteiger partial charge is 0.417 e. The van der Waals surface area contributed by atoms with E-state index in [0.717, 1.165) is 6.07 Å². The maximum absolute atomic E-state index is 13.5. The minimum Gasteiger partial charge on any atom is -0.422 e. The number of rotatable bonds is 5. The lowest BCUT2D eigenvalue weighted by Crippen LogP contribution is -2.38. The molecule has 2 aromatic carbocycles. The molecule has 0 amide bonds. The summed E-state index contributed by atoms with van der Waals surface area (Å²) in [5.74, 6) is -0.339. The van der Waals surface area contributed by atoms with Gasteiger partial charge in [0.25, 0.3) is 0 Å². The number of ketones is 1. The molecule has 2 aromatic heterocycles. The minimum absolute atomic E-state index is 0.0190. The number of benzene rings is 2. The van der Waals surface area contributed by atoms with Gasteiger partial charge in [0.05, 0.1) is 30.2 Å². The molecule has 1 N–H and O–H groups in total. The van der Waals surface area contributed by atoms with E-state index in [1.54, 1.807) is 18.2 Å². The number of hydrogen-bond acceptors (Lipinski definition) is 8. The van der Waals surface area contributed by atoms with E-state index in [0.29, 0.717) is 43.1 Å². The second kappa shape index (κ2) is 9.66. The van der Waals surface area contributed by atoms with Crippen LogP contribution in [0.1, 0.15) is 22.8 Å². The zero-order valence-electron chi connectivity index (χ0n) is 19.6. The van der Waals surface area contributed by atoms with Crippen LogP contribution in [0.3, 0.4) is 0 Å². The molecule has 8 nitrogen and oxygen atoms in total. The Morgan fingerprint density at radius 2 is 1.84 bits per heavy atom. The Morgan fingerprint density at radius 3 is 2.57 bits per heavy atom. The zero-order chi connectivity index (χ0) is 26.2. The van der Waals surface area contributed by atoms with Gasteiger partial charge in [-0.1, -0.05) is 18.2 Å². The highest BCUT2D eigenvalue weighted by Crippen LogP contribution is 2.37. The van der Waals surface area contributed by atoms with Crippen molar-refractivity contribution in [2.45, 2.75) is 13.1 Å². The fourth-order valence-corrected chi connectivity index (χ4v) is 4.34. The summed E-state index contributed by atoms with van der Waals surface area (Å²) in [6, 6.07) is 11.5. The highest BCUT2D eigenvalue weighted by molar-refractivity contribution is 6.07. The van der Waals surface area contributed by atoms with E-state index in [4.69, 9.17) is 9.15 Å². The number of aromatic nitrogens is 2. The molecule has 1 fully saturated rings. The van der Waals surface area contributed by atoms with Crippen LogP contribution in [0, 0.1) is 0 Å². The Morgan fingerprint density at radius 1 is 1.08 bits per heavy atom. The molecule has 37 heavy (non-hydrogen) atoms. The molecule has 4 aromatic rings. The summed E-state index contributed by atoms with van der Waals surface area (Å²) >= 11 is 0. The van der Waals surface area contributed by atoms with Crippen LogP contribution >= 0.6 is 0 Å². The van der Waals surface area contributed by atoms with Crippen molar-refractivity contribution in [3.63, 3.8) is 0 Å². The highest BCUT2D eigenvalue weighted by Gasteiger charge is 2.33. The van der Waals surface area contributed by atoms with Crippen LogP contribution in [0.4, 0.5) is 30.5 Å². The summed E-state index contributed by atoms with van der Waals surface area (Å²) in [4.78, 5) is 35.3. The number of nitrogens with zero attached hydrogens (tertiary/aromatic N) is 3. The van der Waals surface area contributed by atoms with Gasteiger partial charge in [-0.3, -0.25) is 4.79 Å². The largest absolute Gasteiger partial charge is 0.422 e. The van der Waals surface area contributed by atoms with Crippen LogP contribution in [0.2, 0.25) is 0 Å². The molecule has 5 rings (SSSR count). The van der Waals surface area contributed by atoms with Gasteiger partial charge in [0.2, 0.25) is 5.95 Å². The van der Waals surface area contributed by atoms with Crippen LogP contribution in [0.15, 0.2) is 63.9 Å². The topological polar surface area (TPSA) is 97.6 Å². The number of ether oxygens (including phenoxy) is 1. The third-order valence-electron chi connectivity index (χ3n) is 5.98. The molecule has 11 heteroatoms. The van der Waals surface area contributed by atoms with Crippen molar-refractivity contribution in [1.82, 2.24) is 9.97 Å². The van der Waals surface area contributed by atoms with Crippen molar-refractivity contribution in [1.29, 1.82) is 0 Å². The fraction of sp³-hybridized carbons (Fsp3) is 0.231. The molecule has 3 heterocycles. The Bertz CT molecular complexity index is 1550. The van der Waals surface area contributed by atoms with E-state index >= 15 is 0 Å². The Kier molecular flexibility index (Phi) is 6.38. The van der Waals surface area contributed by atoms with Crippen LogP contribution in [0.25, 0.3) is 22.2 Å². The summed E-state index contributed by atoms with van der Waals surface area (Å²) in [5, 5.41) is 3.53. The summed E-state index contributed by atoms with van der Waals surface area (Å²) in [6.07, 6.45) is -3.18. The Hall–Kier alpha value is -4.25. The predicted molar refractivity (Wildman–Crippen MR) is 131 cm³/mol. The van der Waals surface area contributed by atoms with Crippen molar-refractivity contribution >= 4 is 34.1 Å². The maximum Gasteiger partial charge on any atom is 0.417 e. The monoisotopic (exact) mass is 510 g/mol. The van der Waals surface area contributed by atoms with Crippen molar-refractivity contribution in [3.8, 4) is 11.3 Å². The van der Waals surface area contributed by atoms with Gasteiger partial charge < -0.3 is 19.4 Å². The maximum atomic E-state index is 13.5. The first-order chi connectivity index (χ1) is 17.7. The quantitative estimate of drug-likeness (QED) is 0.294. The first kappa shape index (κ1) is 24.4. The van der Waals surface area contributed by atoms with Crippen molar-refractivity contribution < 1.29 is 27.1 Å². The van der Waals surface area contributed by atoms with Gasteiger partial charge in [-0.25, -0.2) is 14.8 Å². The third-order valence-corrected chi connectivity index (χ3v) is 5.98. The van der Waals surface area contributed by atoms with Crippen LogP contribution < -0.4 is 15.8 Å². The molecule has 0 saturated carbocycles. The van der Waals surface area contributed by atoms with Gasteiger partial charge >= 0.3 is 11.8 Å². The molecule has 190 valence electrons. The number of morpholine rings is 1. The summed E-state index contributed by atoms with van der Waals surface area (Å²) in [7, 11) is 0. The minimum atomic E-state index is -4.54. The van der Waals surface area contributed by atoms with Gasteiger partial charge in [0, 0.05) is 42.0 Å². The van der Waals surface area contributed by atoms with E-state index in [2.05, 4.69) is 15.3 Å². The third kappa shape index (κ3) is 4.90. The second-order valence-electron chi connectivity index (χ2n) is 8.41. The summed E-state index contributed by atoms with van der Waals surface area (Å²) in [6.45, 7) is 3.27. The molecule has 0 unspecified atom stereocenters. The number of nitrogens with one attached hydrogen (secondary N) is 1. The molecular formula is C26H21F3N4O4. The highest BCUT2D eigenvalue weighted by atomic mass is 19.4. The lowest BCUT2D eigenvalue weighted by Gasteiger charge is -2.30. The number of hydrogen-bond donors (Lipinski definition) is 1. The number of alkyl halides is 3. The standard InChI is InChI=1S/C26H21F3N4O4/c1-15(34)22-23(33-10-12-36-13-11-33)18-7-6-16(14-21(18)37-24(22)35)31-25-30-9-8-20(32-25)17-4-2-3-5-19(17)26(27,28)29/h2-9,14H,10-13H2,1H3,(H,30,31,32). The van der Waals surface area contributed by atoms with Crippen molar-refractivity contribution in [2.75, 3.05) is 36.5 Å². The molecular weight excluding hydrogens is 489 g/mol. The van der Waals surface area contributed by atoms with E-state index in [-0.39, 0.29) is 28.4 Å². The molecule has 1 aliphatic rings. The average Bonchev–Trinajstić information content (AvgIpc) is 2.88. The molecule has 0 atom stereocenters. The normalized spacial score (nSPS) is 14.1. The first-order valence-corrected chi connectivity index (χ1v) is 11.4. The number of Topliss-reactive ketones (excluding diaryl/α,β-unsaturated/α-hetero) is 1. The Labute approximate surface area is 208 Å². The van der Waals surface area contributed by atoms with E-state index in [1.807, 2.05) is 4.90 Å². The fourth-order valence-electron chi connectivity index (χ4n) is 4.34. The molecule has 0 bridgehead atoms. The SMILES string of the molecule is CC(=O)c1c(N2CCOCC2)c2ccc(Nc3nccc(-c4ccccc4C(F)(F)F)n3)cc2oc1=O. The lowest BCUT2D eigenvalue weighted by atomic mass is 10.0. The first-order valence-electron chi connectivity index (χ1n) is 11.4. The van der Waals surface area contributed by atoms with Gasteiger partial charge in [0.15, 0.2) is 5.78 Å². The average molecular weight is 510 g/mol. The number of carbonyl (C=O) groups excluding carboxylic acids is 1. The lowest BCUT2D eigenvalue weighted by molar-refractivity contribution is -0.137. The molecule has 0 aliphatic carbocycles. The number of carbonyl (C=O) groups is 1. The molecule has 0 radical (unpaired) electrons. The Balaban J connectivity index is 1.53. The predicted octanol–water partition coefficient (Wildman–Crippen LogP) is 5.05. The second-order valence-corrected chi connectivity index (χ2v) is 8.41. The molecule has 1 aliphatic heterocycles. The van der Waals surface area contributed by atoms with Crippen molar-refractivity contribution in [2.24, 2.45) is 0 Å².